The summed E-state index contributed by atoms with van der Waals surface area (Å²) in [5.41, 5.74) is -0.387. The molecule has 2 atom stereocenters. The lowest BCUT2D eigenvalue weighted by Crippen LogP contribution is -2.47. The van der Waals surface area contributed by atoms with Crippen LogP contribution in [0.3, 0.4) is 0 Å². The van der Waals surface area contributed by atoms with Crippen molar-refractivity contribution in [3.63, 3.8) is 0 Å². The molecule has 2 aliphatic heterocycles. The number of carbonyl (C=O) groups excluding carboxylic acids is 1. The van der Waals surface area contributed by atoms with Crippen molar-refractivity contribution in [2.24, 2.45) is 5.92 Å². The van der Waals surface area contributed by atoms with E-state index in [0.29, 0.717) is 12.0 Å². The molecule has 0 aromatic heterocycles. The first-order valence-electron chi connectivity index (χ1n) is 6.18. The standard InChI is InChI=1S/C12H22N2O2/c1-12(2,3)16-11(15)14-7-5-9-8-13-6-4-10(9)14/h9-10,13H,4-8H2,1-3H3/t9-,10+/m0/s1. The summed E-state index contributed by atoms with van der Waals surface area (Å²) in [6.07, 6.45) is 2.03. The number of rotatable bonds is 0. The van der Waals surface area contributed by atoms with Crippen molar-refractivity contribution in [3.05, 3.63) is 0 Å². The highest BCUT2D eigenvalue weighted by atomic mass is 16.6. The van der Waals surface area contributed by atoms with E-state index in [1.165, 1.54) is 0 Å². The van der Waals surface area contributed by atoms with Crippen molar-refractivity contribution in [2.75, 3.05) is 19.6 Å². The molecule has 1 amide bonds. The van der Waals surface area contributed by atoms with E-state index < -0.39 is 0 Å². The predicted molar refractivity (Wildman–Crippen MR) is 62.3 cm³/mol. The number of likely N-dealkylation sites (tertiary alicyclic amines) is 1. The first-order chi connectivity index (χ1) is 7.47. The highest BCUT2D eigenvalue weighted by molar-refractivity contribution is 5.69. The van der Waals surface area contributed by atoms with Crippen LogP contribution in [0.5, 0.6) is 0 Å². The molecule has 0 radical (unpaired) electrons. The monoisotopic (exact) mass is 226 g/mol. The minimum absolute atomic E-state index is 0.137. The van der Waals surface area contributed by atoms with Crippen molar-refractivity contribution >= 4 is 6.09 Å². The van der Waals surface area contributed by atoms with Gasteiger partial charge in [-0.25, -0.2) is 4.79 Å². The van der Waals surface area contributed by atoms with E-state index >= 15 is 0 Å². The third kappa shape index (κ3) is 2.48. The Hall–Kier alpha value is -0.770. The van der Waals surface area contributed by atoms with E-state index in [-0.39, 0.29) is 11.7 Å². The van der Waals surface area contributed by atoms with E-state index in [4.69, 9.17) is 4.74 Å². The third-order valence-electron chi connectivity index (χ3n) is 3.34. The lowest BCUT2D eigenvalue weighted by atomic mass is 9.94. The van der Waals surface area contributed by atoms with Gasteiger partial charge in [0, 0.05) is 12.6 Å². The average Bonchev–Trinajstić information content (AvgIpc) is 2.58. The number of carbonyl (C=O) groups is 1. The predicted octanol–water partition coefficient (Wildman–Crippen LogP) is 1.61. The van der Waals surface area contributed by atoms with Crippen molar-refractivity contribution in [1.82, 2.24) is 10.2 Å². The van der Waals surface area contributed by atoms with Gasteiger partial charge in [0.15, 0.2) is 0 Å². The van der Waals surface area contributed by atoms with Crippen LogP contribution >= 0.6 is 0 Å². The highest BCUT2D eigenvalue weighted by Gasteiger charge is 2.39. The summed E-state index contributed by atoms with van der Waals surface area (Å²) in [4.78, 5) is 13.9. The number of piperidine rings is 1. The van der Waals surface area contributed by atoms with Gasteiger partial charge in [-0.15, -0.1) is 0 Å². The molecule has 4 heteroatoms. The minimum Gasteiger partial charge on any atom is -0.444 e. The Morgan fingerprint density at radius 3 is 2.81 bits per heavy atom. The lowest BCUT2D eigenvalue weighted by molar-refractivity contribution is 0.0189. The first-order valence-corrected chi connectivity index (χ1v) is 6.18. The second kappa shape index (κ2) is 4.24. The molecule has 0 spiro atoms. The average molecular weight is 226 g/mol. The summed E-state index contributed by atoms with van der Waals surface area (Å²) < 4.78 is 5.44. The van der Waals surface area contributed by atoms with Crippen LogP contribution in [-0.4, -0.2) is 42.3 Å². The zero-order valence-electron chi connectivity index (χ0n) is 10.5. The fraction of sp³-hybridized carbons (Fsp3) is 0.917. The fourth-order valence-electron chi connectivity index (χ4n) is 2.63. The van der Waals surface area contributed by atoms with E-state index in [9.17, 15) is 4.79 Å². The quantitative estimate of drug-likeness (QED) is 0.682. The summed E-state index contributed by atoms with van der Waals surface area (Å²) in [6, 6.07) is 0.399. The molecule has 16 heavy (non-hydrogen) atoms. The van der Waals surface area contributed by atoms with Gasteiger partial charge in [-0.2, -0.15) is 0 Å². The smallest absolute Gasteiger partial charge is 0.410 e. The summed E-state index contributed by atoms with van der Waals surface area (Å²) in [5, 5.41) is 3.39. The molecule has 92 valence electrons. The molecule has 0 bridgehead atoms. The SMILES string of the molecule is CC(C)(C)OC(=O)N1CC[C@H]2CNCC[C@H]21. The molecule has 2 fully saturated rings. The maximum Gasteiger partial charge on any atom is 0.410 e. The molecule has 2 rings (SSSR count). The zero-order chi connectivity index (χ0) is 11.8. The Morgan fingerprint density at radius 1 is 1.38 bits per heavy atom. The fourth-order valence-corrected chi connectivity index (χ4v) is 2.63. The van der Waals surface area contributed by atoms with E-state index in [1.807, 2.05) is 25.7 Å². The van der Waals surface area contributed by atoms with E-state index in [2.05, 4.69) is 5.32 Å². The van der Waals surface area contributed by atoms with Crippen LogP contribution in [0.2, 0.25) is 0 Å². The second-order valence-electron chi connectivity index (χ2n) is 5.78. The molecule has 0 saturated carbocycles. The van der Waals surface area contributed by atoms with Crippen molar-refractivity contribution in [2.45, 2.75) is 45.3 Å². The third-order valence-corrected chi connectivity index (χ3v) is 3.34. The molecular formula is C12H22N2O2. The van der Waals surface area contributed by atoms with Crippen LogP contribution < -0.4 is 5.32 Å². The Bertz CT molecular complexity index is 273. The molecule has 2 saturated heterocycles. The zero-order valence-corrected chi connectivity index (χ0v) is 10.5. The number of hydrogen-bond acceptors (Lipinski definition) is 3. The maximum atomic E-state index is 12.0. The maximum absolute atomic E-state index is 12.0. The van der Waals surface area contributed by atoms with Gasteiger partial charge in [-0.1, -0.05) is 0 Å². The van der Waals surface area contributed by atoms with Crippen LogP contribution in [0.1, 0.15) is 33.6 Å². The topological polar surface area (TPSA) is 41.6 Å². The van der Waals surface area contributed by atoms with Gasteiger partial charge >= 0.3 is 6.09 Å². The van der Waals surface area contributed by atoms with Gasteiger partial charge < -0.3 is 15.0 Å². The molecule has 2 heterocycles. The Labute approximate surface area is 97.3 Å². The van der Waals surface area contributed by atoms with Crippen LogP contribution in [0, 0.1) is 5.92 Å². The molecular weight excluding hydrogens is 204 g/mol. The minimum atomic E-state index is -0.387. The van der Waals surface area contributed by atoms with Crippen LogP contribution in [0.25, 0.3) is 0 Å². The van der Waals surface area contributed by atoms with Crippen LogP contribution in [0.15, 0.2) is 0 Å². The molecule has 0 aliphatic carbocycles. The highest BCUT2D eigenvalue weighted by Crippen LogP contribution is 2.29. The number of nitrogens with one attached hydrogen (secondary N) is 1. The number of amides is 1. The van der Waals surface area contributed by atoms with Crippen molar-refractivity contribution in [1.29, 1.82) is 0 Å². The largest absolute Gasteiger partial charge is 0.444 e. The molecule has 1 N–H and O–H groups in total. The summed E-state index contributed by atoms with van der Waals surface area (Å²) >= 11 is 0. The molecule has 2 aliphatic rings. The number of fused-ring (bicyclic) bond motifs is 1. The van der Waals surface area contributed by atoms with Gasteiger partial charge in [0.25, 0.3) is 0 Å². The Kier molecular flexibility index (Phi) is 3.10. The van der Waals surface area contributed by atoms with Crippen LogP contribution in [-0.2, 0) is 4.74 Å². The first kappa shape index (κ1) is 11.7. The van der Waals surface area contributed by atoms with Crippen molar-refractivity contribution in [3.8, 4) is 0 Å². The Morgan fingerprint density at radius 2 is 2.12 bits per heavy atom. The van der Waals surface area contributed by atoms with E-state index in [0.717, 1.165) is 32.5 Å². The number of hydrogen-bond donors (Lipinski definition) is 1. The lowest BCUT2D eigenvalue weighted by Gasteiger charge is -2.33. The van der Waals surface area contributed by atoms with Crippen LogP contribution in [0.4, 0.5) is 4.79 Å². The normalized spacial score (nSPS) is 30.1. The molecule has 0 aromatic carbocycles. The number of nitrogens with zero attached hydrogens (tertiary/aromatic N) is 1. The number of ether oxygens (including phenoxy) is 1. The van der Waals surface area contributed by atoms with E-state index in [1.54, 1.807) is 0 Å². The summed E-state index contributed by atoms with van der Waals surface area (Å²) in [7, 11) is 0. The molecule has 0 aromatic rings. The second-order valence-corrected chi connectivity index (χ2v) is 5.78. The van der Waals surface area contributed by atoms with Gasteiger partial charge in [0.2, 0.25) is 0 Å². The van der Waals surface area contributed by atoms with Gasteiger partial charge in [-0.05, 0) is 52.6 Å². The summed E-state index contributed by atoms with van der Waals surface area (Å²) in [6.45, 7) is 8.67. The van der Waals surface area contributed by atoms with Gasteiger partial charge in [0.1, 0.15) is 5.60 Å². The Balaban J connectivity index is 1.97. The summed E-state index contributed by atoms with van der Waals surface area (Å²) in [5.74, 6) is 0.626. The molecule has 4 nitrogen and oxygen atoms in total. The van der Waals surface area contributed by atoms with Crippen molar-refractivity contribution < 1.29 is 9.53 Å². The van der Waals surface area contributed by atoms with Gasteiger partial charge in [0.05, 0.1) is 0 Å². The molecule has 0 unspecified atom stereocenters. The van der Waals surface area contributed by atoms with Gasteiger partial charge in [-0.3, -0.25) is 0 Å².